The molecule has 1 aliphatic rings. The minimum Gasteiger partial charge on any atom is -0.351 e. The number of amides is 1. The Hall–Kier alpha value is -1.28. The Labute approximate surface area is 156 Å². The lowest BCUT2D eigenvalue weighted by Crippen LogP contribution is -2.62. The first-order valence-electron chi connectivity index (χ1n) is 8.54. The molecule has 0 spiro atoms. The predicted molar refractivity (Wildman–Crippen MR) is 94.1 cm³/mol. The van der Waals surface area contributed by atoms with E-state index in [4.69, 9.17) is 11.6 Å². The van der Waals surface area contributed by atoms with Gasteiger partial charge in [0.05, 0.1) is 10.7 Å². The molecule has 26 heavy (non-hydrogen) atoms. The van der Waals surface area contributed by atoms with Gasteiger partial charge in [-0.1, -0.05) is 11.6 Å². The molecule has 1 saturated heterocycles. The molecule has 1 aromatic rings. The normalized spacial score (nSPS) is 21.5. The van der Waals surface area contributed by atoms with Crippen molar-refractivity contribution < 1.29 is 18.0 Å². The highest BCUT2D eigenvalue weighted by molar-refractivity contribution is 6.32. The molecule has 0 radical (unpaired) electrons. The fraction of sp³-hybridized carbons (Fsp3) is 0.765. The molecule has 1 fully saturated rings. The van der Waals surface area contributed by atoms with E-state index in [-0.39, 0.29) is 28.7 Å². The van der Waals surface area contributed by atoms with Crippen LogP contribution in [0.2, 0.25) is 5.02 Å². The van der Waals surface area contributed by atoms with E-state index in [2.05, 4.69) is 43.4 Å². The lowest BCUT2D eigenvalue weighted by atomic mass is 9.79. The van der Waals surface area contributed by atoms with Crippen LogP contribution >= 0.6 is 11.6 Å². The molecule has 0 aromatic carbocycles. The number of carbonyl (C=O) groups excluding carboxylic acids is 1. The summed E-state index contributed by atoms with van der Waals surface area (Å²) in [7, 11) is 0. The molecule has 148 valence electrons. The van der Waals surface area contributed by atoms with Crippen LogP contribution in [0, 0.1) is 6.92 Å². The van der Waals surface area contributed by atoms with Crippen LogP contribution in [-0.4, -0.2) is 32.8 Å². The second-order valence-corrected chi connectivity index (χ2v) is 8.75. The zero-order valence-electron chi connectivity index (χ0n) is 15.9. The lowest BCUT2D eigenvalue weighted by molar-refractivity contribution is -0.142. The Morgan fingerprint density at radius 3 is 2.23 bits per heavy atom. The van der Waals surface area contributed by atoms with E-state index in [1.807, 2.05) is 0 Å². The van der Waals surface area contributed by atoms with Crippen LogP contribution in [0.15, 0.2) is 0 Å². The molecular formula is C17H26ClF3N4O. The molecule has 0 aliphatic carbocycles. The first kappa shape index (κ1) is 21.0. The molecule has 2 rings (SSSR count). The Morgan fingerprint density at radius 2 is 1.81 bits per heavy atom. The third-order valence-electron chi connectivity index (χ3n) is 4.63. The number of nitrogens with zero attached hydrogens (tertiary/aromatic N) is 2. The van der Waals surface area contributed by atoms with Gasteiger partial charge in [0.15, 0.2) is 5.69 Å². The molecule has 1 aliphatic heterocycles. The van der Waals surface area contributed by atoms with Crippen LogP contribution < -0.4 is 10.6 Å². The van der Waals surface area contributed by atoms with Crippen molar-refractivity contribution in [2.45, 2.75) is 83.7 Å². The standard InChI is InChI=1S/C17H26ClF3N4O/c1-9-12(18)13(17(19,20)21)23-25(9)10(2)14(26)22-11-7-15(3,4)24-16(5,6)8-11/h10-11,24H,7-8H2,1-6H3,(H,22,26)/t10-/m0/s1. The van der Waals surface area contributed by atoms with Crippen molar-refractivity contribution >= 4 is 17.5 Å². The monoisotopic (exact) mass is 394 g/mol. The van der Waals surface area contributed by atoms with E-state index in [9.17, 15) is 18.0 Å². The second-order valence-electron chi connectivity index (χ2n) is 8.37. The molecule has 0 saturated carbocycles. The highest BCUT2D eigenvalue weighted by Gasteiger charge is 2.41. The van der Waals surface area contributed by atoms with E-state index in [1.54, 1.807) is 0 Å². The van der Waals surface area contributed by atoms with Gasteiger partial charge in [0.2, 0.25) is 5.91 Å². The smallest absolute Gasteiger partial charge is 0.351 e. The first-order chi connectivity index (χ1) is 11.6. The van der Waals surface area contributed by atoms with Crippen molar-refractivity contribution in [1.82, 2.24) is 20.4 Å². The quantitative estimate of drug-likeness (QED) is 0.818. The summed E-state index contributed by atoms with van der Waals surface area (Å²) in [6, 6.07) is -0.977. The molecule has 2 N–H and O–H groups in total. The van der Waals surface area contributed by atoms with Gasteiger partial charge in [-0.15, -0.1) is 0 Å². The lowest BCUT2D eigenvalue weighted by Gasteiger charge is -2.46. The summed E-state index contributed by atoms with van der Waals surface area (Å²) in [6.45, 7) is 11.2. The zero-order valence-corrected chi connectivity index (χ0v) is 16.6. The number of hydrogen-bond acceptors (Lipinski definition) is 3. The van der Waals surface area contributed by atoms with Gasteiger partial charge in [-0.2, -0.15) is 18.3 Å². The number of rotatable bonds is 3. The molecule has 1 amide bonds. The maximum Gasteiger partial charge on any atom is 0.436 e. The summed E-state index contributed by atoms with van der Waals surface area (Å²) < 4.78 is 40.0. The van der Waals surface area contributed by atoms with Crippen LogP contribution in [0.3, 0.4) is 0 Å². The van der Waals surface area contributed by atoms with E-state index >= 15 is 0 Å². The highest BCUT2D eigenvalue weighted by atomic mass is 35.5. The van der Waals surface area contributed by atoms with Gasteiger partial charge in [0.25, 0.3) is 0 Å². The average Bonchev–Trinajstić information content (AvgIpc) is 2.70. The molecule has 1 atom stereocenters. The summed E-state index contributed by atoms with van der Waals surface area (Å²) in [5.41, 5.74) is -1.36. The summed E-state index contributed by atoms with van der Waals surface area (Å²) >= 11 is 5.77. The van der Waals surface area contributed by atoms with Crippen LogP contribution in [0.4, 0.5) is 13.2 Å². The molecule has 0 bridgehead atoms. The van der Waals surface area contributed by atoms with Crippen LogP contribution in [-0.2, 0) is 11.0 Å². The van der Waals surface area contributed by atoms with Crippen molar-refractivity contribution in [3.63, 3.8) is 0 Å². The van der Waals surface area contributed by atoms with E-state index in [0.29, 0.717) is 0 Å². The van der Waals surface area contributed by atoms with Crippen LogP contribution in [0.1, 0.15) is 64.9 Å². The van der Waals surface area contributed by atoms with Crippen molar-refractivity contribution in [3.8, 4) is 0 Å². The molecule has 0 unspecified atom stereocenters. The molecule has 1 aromatic heterocycles. The summed E-state index contributed by atoms with van der Waals surface area (Å²) in [4.78, 5) is 12.6. The molecule has 2 heterocycles. The van der Waals surface area contributed by atoms with Crippen molar-refractivity contribution in [2.75, 3.05) is 0 Å². The number of aromatic nitrogens is 2. The summed E-state index contributed by atoms with van der Waals surface area (Å²) in [5.74, 6) is -0.375. The third kappa shape index (κ3) is 4.52. The van der Waals surface area contributed by atoms with Gasteiger partial charge in [-0.25, -0.2) is 0 Å². The number of nitrogens with one attached hydrogen (secondary N) is 2. The maximum absolute atomic E-state index is 13.0. The van der Waals surface area contributed by atoms with Gasteiger partial charge in [-0.3, -0.25) is 9.48 Å². The topological polar surface area (TPSA) is 59.0 Å². The van der Waals surface area contributed by atoms with E-state index < -0.39 is 22.9 Å². The third-order valence-corrected chi connectivity index (χ3v) is 5.08. The number of halogens is 4. The van der Waals surface area contributed by atoms with Crippen molar-refractivity contribution in [1.29, 1.82) is 0 Å². The van der Waals surface area contributed by atoms with E-state index in [0.717, 1.165) is 17.5 Å². The maximum atomic E-state index is 13.0. The van der Waals surface area contributed by atoms with Gasteiger partial charge in [-0.05, 0) is 54.4 Å². The predicted octanol–water partition coefficient (Wildman–Crippen LogP) is 3.85. The van der Waals surface area contributed by atoms with Crippen LogP contribution in [0.25, 0.3) is 0 Å². The Morgan fingerprint density at radius 1 is 1.31 bits per heavy atom. The Kier molecular flexibility index (Phi) is 5.43. The highest BCUT2D eigenvalue weighted by Crippen LogP contribution is 2.36. The van der Waals surface area contributed by atoms with Gasteiger partial charge >= 0.3 is 6.18 Å². The van der Waals surface area contributed by atoms with Gasteiger partial charge in [0.1, 0.15) is 6.04 Å². The van der Waals surface area contributed by atoms with Gasteiger partial charge in [0, 0.05) is 17.1 Å². The molecule has 5 nitrogen and oxygen atoms in total. The number of piperidine rings is 1. The number of alkyl halides is 3. The van der Waals surface area contributed by atoms with Crippen molar-refractivity contribution in [2.24, 2.45) is 0 Å². The van der Waals surface area contributed by atoms with E-state index in [1.165, 1.54) is 13.8 Å². The SMILES string of the molecule is Cc1c(Cl)c(C(F)(F)F)nn1[C@@H](C)C(=O)NC1CC(C)(C)NC(C)(C)C1. The summed E-state index contributed by atoms with van der Waals surface area (Å²) in [5, 5.41) is 9.55. The first-order valence-corrected chi connectivity index (χ1v) is 8.92. The second kappa shape index (κ2) is 6.71. The number of hydrogen-bond donors (Lipinski definition) is 2. The summed E-state index contributed by atoms with van der Waals surface area (Å²) in [6.07, 6.45) is -3.21. The molecule has 9 heteroatoms. The average molecular weight is 395 g/mol. The van der Waals surface area contributed by atoms with Gasteiger partial charge < -0.3 is 10.6 Å². The minimum atomic E-state index is -4.66. The van der Waals surface area contributed by atoms with Crippen molar-refractivity contribution in [3.05, 3.63) is 16.4 Å². The minimum absolute atomic E-state index is 0.0790. The fourth-order valence-corrected chi connectivity index (χ4v) is 4.15. The molecular weight excluding hydrogens is 369 g/mol. The Bertz CT molecular complexity index is 681. The Balaban J connectivity index is 2.18. The fourth-order valence-electron chi connectivity index (χ4n) is 3.91. The van der Waals surface area contributed by atoms with Crippen LogP contribution in [0.5, 0.6) is 0 Å². The zero-order chi connectivity index (χ0) is 20.1. The largest absolute Gasteiger partial charge is 0.436 e. The number of carbonyl (C=O) groups is 1.